The first kappa shape index (κ1) is 9.46. The summed E-state index contributed by atoms with van der Waals surface area (Å²) in [5, 5.41) is 2.60. The number of ether oxygens (including phenoxy) is 1. The summed E-state index contributed by atoms with van der Waals surface area (Å²) in [6, 6.07) is 14.9. The lowest BCUT2D eigenvalue weighted by Gasteiger charge is -2.21. The van der Waals surface area contributed by atoms with E-state index in [-0.39, 0.29) is 6.10 Å². The molecule has 0 saturated carbocycles. The Kier molecular flexibility index (Phi) is 2.37. The highest BCUT2D eigenvalue weighted by molar-refractivity contribution is 5.86. The van der Waals surface area contributed by atoms with Gasteiger partial charge in [-0.2, -0.15) is 0 Å². The van der Waals surface area contributed by atoms with Crippen LogP contribution in [0.4, 0.5) is 0 Å². The molecule has 80 valence electrons. The van der Waals surface area contributed by atoms with Gasteiger partial charge in [-0.1, -0.05) is 42.5 Å². The molecule has 0 spiro atoms. The van der Waals surface area contributed by atoms with Crippen molar-refractivity contribution in [2.75, 3.05) is 0 Å². The standard InChI is InChI=1S/C15H14O/c1-2-8-13-12(6-1)7-5-9-14(13)15-10-3-4-11-16-15/h1-2,4-9,11,15H,3,10H2. The first-order valence-corrected chi connectivity index (χ1v) is 5.73. The van der Waals surface area contributed by atoms with Gasteiger partial charge in [0, 0.05) is 5.56 Å². The fourth-order valence-electron chi connectivity index (χ4n) is 2.29. The summed E-state index contributed by atoms with van der Waals surface area (Å²) in [7, 11) is 0. The predicted octanol–water partition coefficient (Wildman–Crippen LogP) is 4.21. The molecule has 1 nitrogen and oxygen atoms in total. The van der Waals surface area contributed by atoms with Gasteiger partial charge in [0.1, 0.15) is 6.10 Å². The van der Waals surface area contributed by atoms with Crippen molar-refractivity contribution in [2.45, 2.75) is 18.9 Å². The van der Waals surface area contributed by atoms with Crippen LogP contribution in [0.3, 0.4) is 0 Å². The van der Waals surface area contributed by atoms with Crippen molar-refractivity contribution in [3.63, 3.8) is 0 Å². The summed E-state index contributed by atoms with van der Waals surface area (Å²) in [5.74, 6) is 0. The highest BCUT2D eigenvalue weighted by atomic mass is 16.5. The molecule has 0 bridgehead atoms. The van der Waals surface area contributed by atoms with E-state index in [0.29, 0.717) is 0 Å². The third-order valence-electron chi connectivity index (χ3n) is 3.10. The Labute approximate surface area is 95.4 Å². The van der Waals surface area contributed by atoms with Gasteiger partial charge in [0.15, 0.2) is 0 Å². The van der Waals surface area contributed by atoms with Crippen LogP contribution >= 0.6 is 0 Å². The number of hydrogen-bond acceptors (Lipinski definition) is 1. The van der Waals surface area contributed by atoms with Crippen LogP contribution in [0.5, 0.6) is 0 Å². The van der Waals surface area contributed by atoms with Gasteiger partial charge in [-0.3, -0.25) is 0 Å². The summed E-state index contributed by atoms with van der Waals surface area (Å²) >= 11 is 0. The Hall–Kier alpha value is -1.76. The minimum Gasteiger partial charge on any atom is -0.494 e. The first-order valence-electron chi connectivity index (χ1n) is 5.73. The smallest absolute Gasteiger partial charge is 0.124 e. The van der Waals surface area contributed by atoms with Crippen LogP contribution in [-0.2, 0) is 4.74 Å². The molecule has 0 fully saturated rings. The van der Waals surface area contributed by atoms with Gasteiger partial charge in [0.2, 0.25) is 0 Å². The van der Waals surface area contributed by atoms with E-state index in [1.54, 1.807) is 0 Å². The number of benzene rings is 2. The zero-order valence-electron chi connectivity index (χ0n) is 9.10. The molecule has 0 aromatic heterocycles. The molecular weight excluding hydrogens is 196 g/mol. The quantitative estimate of drug-likeness (QED) is 0.685. The molecule has 0 N–H and O–H groups in total. The molecule has 0 aliphatic carbocycles. The van der Waals surface area contributed by atoms with Crippen molar-refractivity contribution in [1.29, 1.82) is 0 Å². The minimum absolute atomic E-state index is 0.219. The van der Waals surface area contributed by atoms with Crippen molar-refractivity contribution in [3.8, 4) is 0 Å². The van der Waals surface area contributed by atoms with Crippen molar-refractivity contribution < 1.29 is 4.74 Å². The maximum atomic E-state index is 5.69. The van der Waals surface area contributed by atoms with Gasteiger partial charge in [-0.15, -0.1) is 0 Å². The van der Waals surface area contributed by atoms with Crippen molar-refractivity contribution in [3.05, 3.63) is 60.4 Å². The second kappa shape index (κ2) is 4.01. The van der Waals surface area contributed by atoms with E-state index in [2.05, 4.69) is 48.5 Å². The van der Waals surface area contributed by atoms with Gasteiger partial charge >= 0.3 is 0 Å². The summed E-state index contributed by atoms with van der Waals surface area (Å²) in [5.41, 5.74) is 1.31. The summed E-state index contributed by atoms with van der Waals surface area (Å²) in [4.78, 5) is 0. The average Bonchev–Trinajstić information content (AvgIpc) is 2.39. The summed E-state index contributed by atoms with van der Waals surface area (Å²) in [6.45, 7) is 0. The second-order valence-corrected chi connectivity index (χ2v) is 4.14. The molecule has 0 amide bonds. The van der Waals surface area contributed by atoms with Crippen LogP contribution in [0.2, 0.25) is 0 Å². The Morgan fingerprint density at radius 3 is 2.75 bits per heavy atom. The number of rotatable bonds is 1. The maximum Gasteiger partial charge on any atom is 0.124 e. The molecule has 1 unspecified atom stereocenters. The lowest BCUT2D eigenvalue weighted by molar-refractivity contribution is 0.126. The molecule has 0 saturated heterocycles. The topological polar surface area (TPSA) is 9.23 Å². The van der Waals surface area contributed by atoms with Crippen LogP contribution in [0.1, 0.15) is 24.5 Å². The van der Waals surface area contributed by atoms with Crippen molar-refractivity contribution in [2.24, 2.45) is 0 Å². The lowest BCUT2D eigenvalue weighted by Crippen LogP contribution is -2.04. The molecule has 3 rings (SSSR count). The third kappa shape index (κ3) is 1.58. The van der Waals surface area contributed by atoms with Crippen LogP contribution < -0.4 is 0 Å². The first-order chi connectivity index (χ1) is 7.95. The highest BCUT2D eigenvalue weighted by Crippen LogP contribution is 2.31. The average molecular weight is 210 g/mol. The van der Waals surface area contributed by atoms with E-state index >= 15 is 0 Å². The molecule has 0 radical (unpaired) electrons. The molecule has 1 aliphatic rings. The molecule has 1 heterocycles. The normalized spacial score (nSPS) is 19.6. The van der Waals surface area contributed by atoms with Crippen LogP contribution in [-0.4, -0.2) is 0 Å². The molecule has 1 aliphatic heterocycles. The Morgan fingerprint density at radius 1 is 1.00 bits per heavy atom. The minimum atomic E-state index is 0.219. The Morgan fingerprint density at radius 2 is 1.88 bits per heavy atom. The largest absolute Gasteiger partial charge is 0.494 e. The fourth-order valence-corrected chi connectivity index (χ4v) is 2.29. The Bertz CT molecular complexity index is 522. The molecule has 1 heteroatoms. The second-order valence-electron chi connectivity index (χ2n) is 4.14. The van der Waals surface area contributed by atoms with E-state index in [1.807, 2.05) is 6.26 Å². The van der Waals surface area contributed by atoms with E-state index in [1.165, 1.54) is 16.3 Å². The summed E-state index contributed by atoms with van der Waals surface area (Å²) < 4.78 is 5.69. The predicted molar refractivity (Wildman–Crippen MR) is 66.1 cm³/mol. The van der Waals surface area contributed by atoms with Gasteiger partial charge < -0.3 is 4.74 Å². The molecule has 16 heavy (non-hydrogen) atoms. The Balaban J connectivity index is 2.12. The van der Waals surface area contributed by atoms with E-state index in [9.17, 15) is 0 Å². The van der Waals surface area contributed by atoms with Crippen LogP contribution in [0.15, 0.2) is 54.8 Å². The van der Waals surface area contributed by atoms with Crippen LogP contribution in [0.25, 0.3) is 10.8 Å². The van der Waals surface area contributed by atoms with E-state index in [0.717, 1.165) is 12.8 Å². The lowest BCUT2D eigenvalue weighted by atomic mass is 9.97. The van der Waals surface area contributed by atoms with Gasteiger partial charge in [0.25, 0.3) is 0 Å². The summed E-state index contributed by atoms with van der Waals surface area (Å²) in [6.07, 6.45) is 6.31. The van der Waals surface area contributed by atoms with Crippen molar-refractivity contribution in [1.82, 2.24) is 0 Å². The van der Waals surface area contributed by atoms with Crippen molar-refractivity contribution >= 4 is 10.8 Å². The monoisotopic (exact) mass is 210 g/mol. The van der Waals surface area contributed by atoms with Gasteiger partial charge in [-0.25, -0.2) is 0 Å². The molecular formula is C15H14O. The number of allylic oxidation sites excluding steroid dienone is 1. The van der Waals surface area contributed by atoms with E-state index < -0.39 is 0 Å². The third-order valence-corrected chi connectivity index (χ3v) is 3.10. The molecule has 2 aromatic rings. The zero-order chi connectivity index (χ0) is 10.8. The van der Waals surface area contributed by atoms with Gasteiger partial charge in [-0.05, 0) is 29.7 Å². The van der Waals surface area contributed by atoms with E-state index in [4.69, 9.17) is 4.74 Å². The molecule has 2 aromatic carbocycles. The SMILES string of the molecule is C1=COC(c2cccc3ccccc23)CC1. The van der Waals surface area contributed by atoms with Gasteiger partial charge in [0.05, 0.1) is 6.26 Å². The number of hydrogen-bond donors (Lipinski definition) is 0. The maximum absolute atomic E-state index is 5.69. The number of fused-ring (bicyclic) bond motifs is 1. The fraction of sp³-hybridized carbons (Fsp3) is 0.200. The molecule has 1 atom stereocenters. The van der Waals surface area contributed by atoms with Crippen LogP contribution in [0, 0.1) is 0 Å². The highest BCUT2D eigenvalue weighted by Gasteiger charge is 2.15. The zero-order valence-corrected chi connectivity index (χ0v) is 9.10.